The summed E-state index contributed by atoms with van der Waals surface area (Å²) in [6.45, 7) is 2.12. The summed E-state index contributed by atoms with van der Waals surface area (Å²) in [4.78, 5) is 16.2. The van der Waals surface area contributed by atoms with Crippen LogP contribution in [-0.2, 0) is 16.0 Å². The van der Waals surface area contributed by atoms with E-state index in [1.54, 1.807) is 13.1 Å². The highest BCUT2D eigenvalue weighted by molar-refractivity contribution is 9.11. The van der Waals surface area contributed by atoms with Crippen molar-refractivity contribution in [2.45, 2.75) is 19.4 Å². The molecule has 0 spiro atoms. The summed E-state index contributed by atoms with van der Waals surface area (Å²) in [6.07, 6.45) is 2.18. The molecule has 0 aliphatic rings. The number of thiazole rings is 1. The Kier molecular flexibility index (Phi) is 4.50. The third kappa shape index (κ3) is 3.36. The first-order valence-corrected chi connectivity index (χ1v) is 5.77. The van der Waals surface area contributed by atoms with Crippen LogP contribution >= 0.6 is 27.3 Å². The highest BCUT2D eigenvalue weighted by Crippen LogP contribution is 2.19. The minimum Gasteiger partial charge on any atom is -0.465 e. The summed E-state index contributed by atoms with van der Waals surface area (Å²) in [5.74, 6) is -0.364. The summed E-state index contributed by atoms with van der Waals surface area (Å²) in [6, 6.07) is -0.595. The monoisotopic (exact) mass is 278 g/mol. The van der Waals surface area contributed by atoms with E-state index in [-0.39, 0.29) is 5.97 Å². The van der Waals surface area contributed by atoms with Gasteiger partial charge in [-0.1, -0.05) is 0 Å². The average Bonchev–Trinajstić information content (AvgIpc) is 2.51. The Hall–Kier alpha value is -0.460. The smallest absolute Gasteiger partial charge is 0.323 e. The van der Waals surface area contributed by atoms with Crippen LogP contribution in [0.3, 0.4) is 0 Å². The molecule has 1 heterocycles. The van der Waals surface area contributed by atoms with Crippen molar-refractivity contribution in [2.75, 3.05) is 6.61 Å². The van der Waals surface area contributed by atoms with Gasteiger partial charge in [0.15, 0.2) is 3.92 Å². The molecule has 0 aromatic carbocycles. The molecular formula is C8H11BrN2O2S. The molecule has 1 rings (SSSR count). The summed E-state index contributed by atoms with van der Waals surface area (Å²) in [7, 11) is 0. The molecule has 1 unspecified atom stereocenters. The van der Waals surface area contributed by atoms with Gasteiger partial charge in [-0.2, -0.15) is 0 Å². The maximum absolute atomic E-state index is 11.2. The van der Waals surface area contributed by atoms with Gasteiger partial charge in [-0.05, 0) is 22.9 Å². The van der Waals surface area contributed by atoms with Gasteiger partial charge >= 0.3 is 5.97 Å². The van der Waals surface area contributed by atoms with Crippen LogP contribution in [0.15, 0.2) is 10.1 Å². The number of hydrogen-bond acceptors (Lipinski definition) is 5. The molecule has 1 aromatic rings. The summed E-state index contributed by atoms with van der Waals surface area (Å²) >= 11 is 4.71. The average molecular weight is 279 g/mol. The highest BCUT2D eigenvalue weighted by Gasteiger charge is 2.16. The molecule has 2 N–H and O–H groups in total. The van der Waals surface area contributed by atoms with E-state index in [4.69, 9.17) is 10.5 Å². The fourth-order valence-electron chi connectivity index (χ4n) is 0.927. The maximum atomic E-state index is 11.2. The molecule has 78 valence electrons. The van der Waals surface area contributed by atoms with Gasteiger partial charge in [-0.3, -0.25) is 4.79 Å². The van der Waals surface area contributed by atoms with Crippen LogP contribution in [0.5, 0.6) is 0 Å². The molecule has 6 heteroatoms. The molecule has 1 aromatic heterocycles. The fraction of sp³-hybridized carbons (Fsp3) is 0.500. The number of aromatic nitrogens is 1. The van der Waals surface area contributed by atoms with Gasteiger partial charge in [0.05, 0.1) is 6.61 Å². The molecule has 0 saturated heterocycles. The third-order valence-corrected chi connectivity index (χ3v) is 3.03. The molecule has 0 aliphatic carbocycles. The van der Waals surface area contributed by atoms with Gasteiger partial charge < -0.3 is 10.5 Å². The zero-order valence-electron chi connectivity index (χ0n) is 7.70. The number of nitrogens with two attached hydrogens (primary N) is 1. The topological polar surface area (TPSA) is 65.2 Å². The van der Waals surface area contributed by atoms with Crippen molar-refractivity contribution >= 4 is 33.2 Å². The normalized spacial score (nSPS) is 12.5. The standard InChI is InChI=1S/C8H11BrN2O2S/c1-2-13-7(12)6(10)3-5-4-11-8(9)14-5/h4,6H,2-3,10H2,1H3. The summed E-state index contributed by atoms with van der Waals surface area (Å²) in [5.41, 5.74) is 5.63. The Morgan fingerprint density at radius 3 is 3.07 bits per heavy atom. The first-order chi connectivity index (χ1) is 6.63. The minimum absolute atomic E-state index is 0.360. The molecule has 0 saturated carbocycles. The van der Waals surface area contributed by atoms with Crippen LogP contribution < -0.4 is 5.73 Å². The SMILES string of the molecule is CCOC(=O)C(N)Cc1cnc(Br)s1. The van der Waals surface area contributed by atoms with Crippen molar-refractivity contribution in [3.05, 3.63) is 15.0 Å². The second-order valence-electron chi connectivity index (χ2n) is 2.64. The number of hydrogen-bond donors (Lipinski definition) is 1. The van der Waals surface area contributed by atoms with E-state index in [0.717, 1.165) is 8.79 Å². The van der Waals surface area contributed by atoms with E-state index in [0.29, 0.717) is 13.0 Å². The zero-order chi connectivity index (χ0) is 10.6. The third-order valence-electron chi connectivity index (χ3n) is 1.54. The largest absolute Gasteiger partial charge is 0.465 e. The highest BCUT2D eigenvalue weighted by atomic mass is 79.9. The van der Waals surface area contributed by atoms with Crippen molar-refractivity contribution < 1.29 is 9.53 Å². The molecule has 0 amide bonds. The number of esters is 1. The lowest BCUT2D eigenvalue weighted by atomic mass is 10.2. The van der Waals surface area contributed by atoms with E-state index in [9.17, 15) is 4.79 Å². The summed E-state index contributed by atoms with van der Waals surface area (Å²) in [5, 5.41) is 0. The zero-order valence-corrected chi connectivity index (χ0v) is 10.1. The number of nitrogens with zero attached hydrogens (tertiary/aromatic N) is 1. The van der Waals surface area contributed by atoms with Gasteiger partial charge in [0, 0.05) is 17.5 Å². The van der Waals surface area contributed by atoms with Gasteiger partial charge in [0.1, 0.15) is 6.04 Å². The van der Waals surface area contributed by atoms with E-state index in [2.05, 4.69) is 20.9 Å². The molecule has 1 atom stereocenters. The molecule has 0 aliphatic heterocycles. The Morgan fingerprint density at radius 1 is 1.86 bits per heavy atom. The Labute approximate surface area is 94.6 Å². The lowest BCUT2D eigenvalue weighted by Gasteiger charge is -2.08. The number of carbonyl (C=O) groups excluding carboxylic acids is 1. The predicted octanol–water partition coefficient (Wildman–Crippen LogP) is 1.34. The quantitative estimate of drug-likeness (QED) is 0.845. The molecule has 14 heavy (non-hydrogen) atoms. The lowest BCUT2D eigenvalue weighted by Crippen LogP contribution is -2.34. The predicted molar refractivity (Wildman–Crippen MR) is 58.1 cm³/mol. The number of ether oxygens (including phenoxy) is 1. The van der Waals surface area contributed by atoms with Crippen molar-refractivity contribution in [2.24, 2.45) is 5.73 Å². The Bertz CT molecular complexity index is 316. The van der Waals surface area contributed by atoms with Crippen molar-refractivity contribution in [3.8, 4) is 0 Å². The lowest BCUT2D eigenvalue weighted by molar-refractivity contribution is -0.144. The van der Waals surface area contributed by atoms with Gasteiger partial charge in [0.2, 0.25) is 0 Å². The Balaban J connectivity index is 2.48. The molecule has 0 fully saturated rings. The van der Waals surface area contributed by atoms with Crippen molar-refractivity contribution in [1.82, 2.24) is 4.98 Å². The second-order valence-corrected chi connectivity index (χ2v) is 5.03. The molecule has 0 radical (unpaired) electrons. The van der Waals surface area contributed by atoms with E-state index >= 15 is 0 Å². The van der Waals surface area contributed by atoms with E-state index < -0.39 is 6.04 Å². The van der Waals surface area contributed by atoms with E-state index in [1.165, 1.54) is 11.3 Å². The molecule has 4 nitrogen and oxygen atoms in total. The number of halogens is 1. The van der Waals surface area contributed by atoms with Crippen LogP contribution in [0.4, 0.5) is 0 Å². The Morgan fingerprint density at radius 2 is 2.57 bits per heavy atom. The van der Waals surface area contributed by atoms with Crippen molar-refractivity contribution in [1.29, 1.82) is 0 Å². The number of carbonyl (C=O) groups is 1. The first kappa shape index (κ1) is 11.6. The second kappa shape index (κ2) is 5.43. The molecule has 0 bridgehead atoms. The minimum atomic E-state index is -0.595. The van der Waals surface area contributed by atoms with E-state index in [1.807, 2.05) is 0 Å². The first-order valence-electron chi connectivity index (χ1n) is 4.16. The van der Waals surface area contributed by atoms with Crippen LogP contribution in [0.2, 0.25) is 0 Å². The van der Waals surface area contributed by atoms with Crippen LogP contribution in [0.1, 0.15) is 11.8 Å². The van der Waals surface area contributed by atoms with Gasteiger partial charge in [0.25, 0.3) is 0 Å². The van der Waals surface area contributed by atoms with Crippen LogP contribution in [-0.4, -0.2) is 23.6 Å². The van der Waals surface area contributed by atoms with Crippen LogP contribution in [0.25, 0.3) is 0 Å². The summed E-state index contributed by atoms with van der Waals surface area (Å²) < 4.78 is 5.59. The maximum Gasteiger partial charge on any atom is 0.323 e. The van der Waals surface area contributed by atoms with Crippen LogP contribution in [0, 0.1) is 0 Å². The fourth-order valence-corrected chi connectivity index (χ4v) is 2.34. The number of rotatable bonds is 4. The van der Waals surface area contributed by atoms with Gasteiger partial charge in [-0.15, -0.1) is 11.3 Å². The van der Waals surface area contributed by atoms with Gasteiger partial charge in [-0.25, -0.2) is 4.98 Å². The van der Waals surface area contributed by atoms with Crippen molar-refractivity contribution in [3.63, 3.8) is 0 Å². The molecular weight excluding hydrogens is 268 g/mol.